The predicted molar refractivity (Wildman–Crippen MR) is 60.4 cm³/mol. The molecule has 1 saturated heterocycles. The Balaban J connectivity index is 2.29. The maximum Gasteiger partial charge on any atom is 0.172 e. The Bertz CT molecular complexity index is 357. The lowest BCUT2D eigenvalue weighted by Crippen LogP contribution is -2.17. The lowest BCUT2D eigenvalue weighted by Gasteiger charge is -2.01. The first-order valence-electron chi connectivity index (χ1n) is 5.12. The molecule has 0 unspecified atom stereocenters. The minimum absolute atomic E-state index is 0.659. The molecule has 0 amide bonds. The minimum atomic E-state index is 0.659. The highest BCUT2D eigenvalue weighted by molar-refractivity contribution is 6.32. The molecule has 0 N–H and O–H groups in total. The largest absolute Gasteiger partial charge is 0.233 e. The molecule has 0 saturated carbocycles. The second-order valence-electron chi connectivity index (χ2n) is 3.88. The van der Waals surface area contributed by atoms with Gasteiger partial charge in [-0.1, -0.05) is 23.7 Å². The third kappa shape index (κ3) is 1.98. The highest BCUT2D eigenvalue weighted by Crippen LogP contribution is 2.15. The topological polar surface area (TPSA) is 3.01 Å². The van der Waals surface area contributed by atoms with Crippen LogP contribution in [-0.4, -0.2) is 23.4 Å². The zero-order valence-corrected chi connectivity index (χ0v) is 9.17. The molecule has 1 heterocycles. The fourth-order valence-electron chi connectivity index (χ4n) is 1.91. The van der Waals surface area contributed by atoms with E-state index in [1.54, 1.807) is 0 Å². The molecule has 1 aliphatic rings. The van der Waals surface area contributed by atoms with Gasteiger partial charge >= 0.3 is 0 Å². The molecule has 0 radical (unpaired) electrons. The van der Waals surface area contributed by atoms with Gasteiger partial charge in [0.25, 0.3) is 0 Å². The molecule has 1 nitrogen and oxygen atoms in total. The first kappa shape index (κ1) is 9.72. The summed E-state index contributed by atoms with van der Waals surface area (Å²) >= 11 is 6.09. The number of hydrogen-bond acceptors (Lipinski definition) is 0. The molecule has 2 rings (SSSR count). The molecule has 1 aliphatic heterocycles. The molecule has 0 aromatic heterocycles. The fraction of sp³-hybridized carbons (Fsp3) is 0.417. The van der Waals surface area contributed by atoms with Gasteiger partial charge in [-0.2, -0.15) is 0 Å². The smallest absolute Gasteiger partial charge is 0.172 e. The van der Waals surface area contributed by atoms with Gasteiger partial charge < -0.3 is 0 Å². The fourth-order valence-corrected chi connectivity index (χ4v) is 2.09. The van der Waals surface area contributed by atoms with E-state index in [2.05, 4.69) is 23.8 Å². The van der Waals surface area contributed by atoms with E-state index < -0.39 is 0 Å². The van der Waals surface area contributed by atoms with Crippen molar-refractivity contribution < 1.29 is 4.58 Å². The van der Waals surface area contributed by atoms with E-state index in [0.29, 0.717) is 6.04 Å². The second-order valence-corrected chi connectivity index (χ2v) is 4.29. The van der Waals surface area contributed by atoms with Crippen LogP contribution in [0.4, 0.5) is 0 Å². The Kier molecular flexibility index (Phi) is 2.87. The summed E-state index contributed by atoms with van der Waals surface area (Å²) in [4.78, 5) is 0. The third-order valence-electron chi connectivity index (χ3n) is 2.81. The van der Waals surface area contributed by atoms with Crippen LogP contribution in [0.3, 0.4) is 0 Å². The van der Waals surface area contributed by atoms with E-state index in [4.69, 9.17) is 11.6 Å². The van der Waals surface area contributed by atoms with Crippen LogP contribution in [0.25, 0.3) is 0 Å². The predicted octanol–water partition coefficient (Wildman–Crippen LogP) is 2.95. The standard InChI is InChI=1S/C12H15ClN/c1-10-5-4-8-14(10)9-11-6-2-3-7-12(11)13/h2-3,6-7,9-10H,4-5,8H2,1H3/q+1/t10-/m0/s1. The molecule has 1 atom stereocenters. The number of hydrogen-bond donors (Lipinski definition) is 0. The molecule has 2 heteroatoms. The number of halogens is 1. The van der Waals surface area contributed by atoms with Crippen molar-refractivity contribution in [1.82, 2.24) is 0 Å². The van der Waals surface area contributed by atoms with Crippen LogP contribution in [0.1, 0.15) is 25.3 Å². The molecule has 14 heavy (non-hydrogen) atoms. The van der Waals surface area contributed by atoms with Gasteiger partial charge in [0.05, 0.1) is 10.6 Å². The summed E-state index contributed by atoms with van der Waals surface area (Å²) in [5, 5.41) is 0.839. The number of benzene rings is 1. The van der Waals surface area contributed by atoms with Crippen molar-refractivity contribution in [3.05, 3.63) is 34.9 Å². The van der Waals surface area contributed by atoms with Gasteiger partial charge in [-0.15, -0.1) is 0 Å². The van der Waals surface area contributed by atoms with Crippen LogP contribution in [-0.2, 0) is 0 Å². The Labute approximate surface area is 90.0 Å². The van der Waals surface area contributed by atoms with Gasteiger partial charge in [-0.25, -0.2) is 4.58 Å². The maximum absolute atomic E-state index is 6.09. The van der Waals surface area contributed by atoms with Crippen LogP contribution in [0.15, 0.2) is 24.3 Å². The average Bonchev–Trinajstić information content (AvgIpc) is 2.56. The first-order valence-corrected chi connectivity index (χ1v) is 5.50. The monoisotopic (exact) mass is 208 g/mol. The van der Waals surface area contributed by atoms with Gasteiger partial charge in [0.15, 0.2) is 6.21 Å². The van der Waals surface area contributed by atoms with Crippen molar-refractivity contribution in [2.75, 3.05) is 6.54 Å². The van der Waals surface area contributed by atoms with Crippen LogP contribution in [0.2, 0.25) is 5.02 Å². The highest BCUT2D eigenvalue weighted by Gasteiger charge is 2.22. The molecule has 1 fully saturated rings. The van der Waals surface area contributed by atoms with E-state index in [1.165, 1.54) is 12.8 Å². The van der Waals surface area contributed by atoms with Crippen LogP contribution in [0.5, 0.6) is 0 Å². The van der Waals surface area contributed by atoms with Gasteiger partial charge in [-0.3, -0.25) is 0 Å². The van der Waals surface area contributed by atoms with Crippen molar-refractivity contribution >= 4 is 17.8 Å². The molecular weight excluding hydrogens is 194 g/mol. The van der Waals surface area contributed by atoms with Gasteiger partial charge in [-0.05, 0) is 19.1 Å². The molecule has 1 aromatic rings. The summed E-state index contributed by atoms with van der Waals surface area (Å²) in [6.07, 6.45) is 4.77. The Morgan fingerprint density at radius 1 is 1.43 bits per heavy atom. The molecule has 0 bridgehead atoms. The normalized spacial score (nSPS) is 24.4. The van der Waals surface area contributed by atoms with E-state index >= 15 is 0 Å². The van der Waals surface area contributed by atoms with Crippen molar-refractivity contribution in [2.45, 2.75) is 25.8 Å². The lowest BCUT2D eigenvalue weighted by atomic mass is 10.2. The van der Waals surface area contributed by atoms with Crippen LogP contribution >= 0.6 is 11.6 Å². The van der Waals surface area contributed by atoms with Crippen LogP contribution in [0, 0.1) is 0 Å². The molecular formula is C12H15ClN+. The van der Waals surface area contributed by atoms with Crippen molar-refractivity contribution in [2.24, 2.45) is 0 Å². The Hall–Kier alpha value is -0.820. The quantitative estimate of drug-likeness (QED) is 0.625. The summed E-state index contributed by atoms with van der Waals surface area (Å²) in [6, 6.07) is 8.65. The zero-order valence-electron chi connectivity index (χ0n) is 8.41. The zero-order chi connectivity index (χ0) is 9.97. The molecule has 1 aromatic carbocycles. The second kappa shape index (κ2) is 4.14. The highest BCUT2D eigenvalue weighted by atomic mass is 35.5. The van der Waals surface area contributed by atoms with Gasteiger partial charge in [0, 0.05) is 12.8 Å². The van der Waals surface area contributed by atoms with E-state index in [9.17, 15) is 0 Å². The van der Waals surface area contributed by atoms with Crippen LogP contribution < -0.4 is 0 Å². The molecule has 0 spiro atoms. The number of rotatable bonds is 1. The summed E-state index contributed by atoms with van der Waals surface area (Å²) in [7, 11) is 0. The maximum atomic E-state index is 6.09. The van der Waals surface area contributed by atoms with E-state index in [-0.39, 0.29) is 0 Å². The van der Waals surface area contributed by atoms with Crippen molar-refractivity contribution in [3.8, 4) is 0 Å². The van der Waals surface area contributed by atoms with Crippen molar-refractivity contribution in [3.63, 3.8) is 0 Å². The van der Waals surface area contributed by atoms with E-state index in [0.717, 1.165) is 17.1 Å². The van der Waals surface area contributed by atoms with Crippen molar-refractivity contribution in [1.29, 1.82) is 0 Å². The molecule has 74 valence electrons. The summed E-state index contributed by atoms with van der Waals surface area (Å²) in [5.41, 5.74) is 1.13. The summed E-state index contributed by atoms with van der Waals surface area (Å²) < 4.78 is 2.38. The SMILES string of the molecule is C[C@H]1CCC[N+]1=Cc1ccccc1Cl. The van der Waals surface area contributed by atoms with Gasteiger partial charge in [0.2, 0.25) is 0 Å². The van der Waals surface area contributed by atoms with E-state index in [1.807, 2.05) is 18.2 Å². The van der Waals surface area contributed by atoms with Gasteiger partial charge in [0.1, 0.15) is 12.6 Å². The summed E-state index contributed by atoms with van der Waals surface area (Å²) in [6.45, 7) is 3.42. The number of nitrogens with zero attached hydrogens (tertiary/aromatic N) is 1. The third-order valence-corrected chi connectivity index (χ3v) is 3.16. The Morgan fingerprint density at radius 3 is 2.86 bits per heavy atom. The average molecular weight is 209 g/mol. The first-order chi connectivity index (χ1) is 6.77. The summed E-state index contributed by atoms with van der Waals surface area (Å²) in [5.74, 6) is 0. The Morgan fingerprint density at radius 2 is 2.21 bits per heavy atom. The lowest BCUT2D eigenvalue weighted by molar-refractivity contribution is -0.535. The molecule has 0 aliphatic carbocycles. The minimum Gasteiger partial charge on any atom is -0.233 e.